The number of halogens is 1. The zero-order valence-corrected chi connectivity index (χ0v) is 18.3. The fourth-order valence-corrected chi connectivity index (χ4v) is 2.43. The van der Waals surface area contributed by atoms with Crippen LogP contribution in [0.1, 0.15) is 20.8 Å². The van der Waals surface area contributed by atoms with Crippen LogP contribution in [0.4, 0.5) is 0 Å². The number of hydrogen-bond acceptors (Lipinski definition) is 3. The SMILES string of the molecule is CN(C)C(=O)CN=C(NCCSc1ccccc1)NC(C)(C)C.I. The lowest BCUT2D eigenvalue weighted by atomic mass is 10.1. The average molecular weight is 464 g/mol. The molecule has 1 aromatic rings. The van der Waals surface area contributed by atoms with Gasteiger partial charge in [0, 0.05) is 36.8 Å². The molecule has 0 fully saturated rings. The van der Waals surface area contributed by atoms with E-state index < -0.39 is 0 Å². The first-order chi connectivity index (χ1) is 10.8. The number of nitrogens with one attached hydrogen (secondary N) is 2. The summed E-state index contributed by atoms with van der Waals surface area (Å²) < 4.78 is 0. The van der Waals surface area contributed by atoms with Crippen LogP contribution in [0.15, 0.2) is 40.2 Å². The number of carbonyl (C=O) groups is 1. The summed E-state index contributed by atoms with van der Waals surface area (Å²) >= 11 is 1.79. The van der Waals surface area contributed by atoms with E-state index in [9.17, 15) is 4.79 Å². The number of thioether (sulfide) groups is 1. The summed E-state index contributed by atoms with van der Waals surface area (Å²) in [5, 5.41) is 6.60. The first-order valence-electron chi connectivity index (χ1n) is 7.72. The summed E-state index contributed by atoms with van der Waals surface area (Å²) in [5.41, 5.74) is -0.112. The zero-order chi connectivity index (χ0) is 17.3. The maximum Gasteiger partial charge on any atom is 0.243 e. The summed E-state index contributed by atoms with van der Waals surface area (Å²) in [5.74, 6) is 1.58. The van der Waals surface area contributed by atoms with Gasteiger partial charge in [-0.1, -0.05) is 18.2 Å². The van der Waals surface area contributed by atoms with Crippen molar-refractivity contribution in [2.45, 2.75) is 31.2 Å². The molecular weight excluding hydrogens is 435 g/mol. The van der Waals surface area contributed by atoms with Crippen molar-refractivity contribution in [1.29, 1.82) is 0 Å². The fraction of sp³-hybridized carbons (Fsp3) is 0.529. The lowest BCUT2D eigenvalue weighted by Crippen LogP contribution is -2.48. The molecule has 1 aromatic carbocycles. The van der Waals surface area contributed by atoms with Crippen LogP contribution in [0, 0.1) is 0 Å². The normalized spacial score (nSPS) is 11.5. The minimum Gasteiger partial charge on any atom is -0.356 e. The van der Waals surface area contributed by atoms with Gasteiger partial charge in [0.15, 0.2) is 5.96 Å². The van der Waals surface area contributed by atoms with Crippen LogP contribution in [0.3, 0.4) is 0 Å². The second kappa shape index (κ2) is 11.6. The van der Waals surface area contributed by atoms with E-state index in [2.05, 4.69) is 48.5 Å². The first-order valence-corrected chi connectivity index (χ1v) is 8.71. The van der Waals surface area contributed by atoms with E-state index in [1.807, 2.05) is 18.2 Å². The van der Waals surface area contributed by atoms with Gasteiger partial charge in [0.2, 0.25) is 5.91 Å². The van der Waals surface area contributed by atoms with Gasteiger partial charge in [-0.3, -0.25) is 4.79 Å². The Morgan fingerprint density at radius 1 is 1.21 bits per heavy atom. The summed E-state index contributed by atoms with van der Waals surface area (Å²) in [4.78, 5) is 18.9. The topological polar surface area (TPSA) is 56.7 Å². The minimum absolute atomic E-state index is 0. The van der Waals surface area contributed by atoms with Crippen LogP contribution in [-0.4, -0.2) is 55.2 Å². The smallest absolute Gasteiger partial charge is 0.243 e. The van der Waals surface area contributed by atoms with E-state index in [0.717, 1.165) is 12.3 Å². The Balaban J connectivity index is 0.00000529. The molecule has 0 aliphatic rings. The van der Waals surface area contributed by atoms with E-state index in [-0.39, 0.29) is 42.0 Å². The Bertz CT molecular complexity index is 515. The number of guanidine groups is 1. The van der Waals surface area contributed by atoms with E-state index in [1.54, 1.807) is 30.8 Å². The van der Waals surface area contributed by atoms with Crippen LogP contribution in [0.2, 0.25) is 0 Å². The van der Waals surface area contributed by atoms with Crippen molar-refractivity contribution in [1.82, 2.24) is 15.5 Å². The zero-order valence-electron chi connectivity index (χ0n) is 15.1. The molecule has 5 nitrogen and oxygen atoms in total. The fourth-order valence-electron chi connectivity index (χ4n) is 1.64. The molecule has 0 saturated carbocycles. The predicted octanol–water partition coefficient (Wildman–Crippen LogP) is 2.82. The van der Waals surface area contributed by atoms with Gasteiger partial charge in [0.05, 0.1) is 0 Å². The van der Waals surface area contributed by atoms with Gasteiger partial charge in [-0.15, -0.1) is 35.7 Å². The number of likely N-dealkylation sites (N-methyl/N-ethyl adjacent to an activating group) is 1. The predicted molar refractivity (Wildman–Crippen MR) is 114 cm³/mol. The number of hydrogen-bond donors (Lipinski definition) is 2. The molecule has 0 spiro atoms. The summed E-state index contributed by atoms with van der Waals surface area (Å²) in [6, 6.07) is 10.3. The van der Waals surface area contributed by atoms with Crippen molar-refractivity contribution in [3.8, 4) is 0 Å². The van der Waals surface area contributed by atoms with Gasteiger partial charge in [-0.05, 0) is 32.9 Å². The molecule has 0 unspecified atom stereocenters. The second-order valence-electron chi connectivity index (χ2n) is 6.42. The number of rotatable bonds is 6. The van der Waals surface area contributed by atoms with E-state index >= 15 is 0 Å². The highest BCUT2D eigenvalue weighted by molar-refractivity contribution is 14.0. The summed E-state index contributed by atoms with van der Waals surface area (Å²) in [6.07, 6.45) is 0. The van der Waals surface area contributed by atoms with Gasteiger partial charge in [-0.25, -0.2) is 4.99 Å². The molecule has 1 rings (SSSR count). The quantitative estimate of drug-likeness (QED) is 0.224. The molecule has 0 aliphatic carbocycles. The van der Waals surface area contributed by atoms with Crippen LogP contribution < -0.4 is 10.6 Å². The maximum absolute atomic E-state index is 11.7. The van der Waals surface area contributed by atoms with Crippen LogP contribution >= 0.6 is 35.7 Å². The third-order valence-corrected chi connectivity index (χ3v) is 3.78. The third kappa shape index (κ3) is 10.7. The van der Waals surface area contributed by atoms with Crippen LogP contribution in [-0.2, 0) is 4.79 Å². The van der Waals surface area contributed by atoms with Crippen molar-refractivity contribution in [3.63, 3.8) is 0 Å². The molecule has 0 atom stereocenters. The van der Waals surface area contributed by atoms with Gasteiger partial charge in [0.25, 0.3) is 0 Å². The molecule has 2 N–H and O–H groups in total. The molecule has 24 heavy (non-hydrogen) atoms. The highest BCUT2D eigenvalue weighted by atomic mass is 127. The summed E-state index contributed by atoms with van der Waals surface area (Å²) in [6.45, 7) is 7.12. The Morgan fingerprint density at radius 3 is 2.38 bits per heavy atom. The highest BCUT2D eigenvalue weighted by Crippen LogP contribution is 2.15. The summed E-state index contributed by atoms with van der Waals surface area (Å²) in [7, 11) is 3.47. The standard InChI is InChI=1S/C17H28N4OS.HI/c1-17(2,3)20-16(19-13-15(22)21(4)5)18-11-12-23-14-9-7-6-8-10-14;/h6-10H,11-13H2,1-5H3,(H2,18,19,20);1H. The molecular formula is C17H29IN4OS. The first kappa shape index (κ1) is 23.0. The van der Waals surface area contributed by atoms with Crippen molar-refractivity contribution in [3.05, 3.63) is 30.3 Å². The number of benzene rings is 1. The van der Waals surface area contributed by atoms with Crippen LogP contribution in [0.25, 0.3) is 0 Å². The monoisotopic (exact) mass is 464 g/mol. The minimum atomic E-state index is -0.112. The van der Waals surface area contributed by atoms with Crippen molar-refractivity contribution in [2.24, 2.45) is 4.99 Å². The lowest BCUT2D eigenvalue weighted by Gasteiger charge is -2.24. The Labute approximate surface area is 167 Å². The Kier molecular flexibility index (Phi) is 11.1. The van der Waals surface area contributed by atoms with E-state index in [4.69, 9.17) is 0 Å². The number of carbonyl (C=O) groups excluding carboxylic acids is 1. The van der Waals surface area contributed by atoms with Gasteiger partial charge < -0.3 is 15.5 Å². The van der Waals surface area contributed by atoms with Gasteiger partial charge in [0.1, 0.15) is 6.54 Å². The molecule has 0 bridgehead atoms. The third-order valence-electron chi connectivity index (χ3n) is 2.77. The molecule has 0 aliphatic heterocycles. The largest absolute Gasteiger partial charge is 0.356 e. The van der Waals surface area contributed by atoms with Crippen molar-refractivity contribution in [2.75, 3.05) is 32.9 Å². The molecule has 7 heteroatoms. The van der Waals surface area contributed by atoms with Crippen molar-refractivity contribution < 1.29 is 4.79 Å². The van der Waals surface area contributed by atoms with E-state index in [1.165, 1.54) is 4.90 Å². The molecule has 136 valence electrons. The Morgan fingerprint density at radius 2 is 1.83 bits per heavy atom. The average Bonchev–Trinajstić information content (AvgIpc) is 2.48. The molecule has 0 radical (unpaired) electrons. The van der Waals surface area contributed by atoms with E-state index in [0.29, 0.717) is 5.96 Å². The van der Waals surface area contributed by atoms with Gasteiger partial charge >= 0.3 is 0 Å². The number of amides is 1. The number of nitrogens with zero attached hydrogens (tertiary/aromatic N) is 2. The molecule has 0 saturated heterocycles. The molecule has 0 heterocycles. The lowest BCUT2D eigenvalue weighted by molar-refractivity contribution is -0.127. The molecule has 1 amide bonds. The maximum atomic E-state index is 11.7. The highest BCUT2D eigenvalue weighted by Gasteiger charge is 2.12. The number of aliphatic imine (C=N–C) groups is 1. The second-order valence-corrected chi connectivity index (χ2v) is 7.58. The molecule has 0 aromatic heterocycles. The van der Waals surface area contributed by atoms with Crippen LogP contribution in [0.5, 0.6) is 0 Å². The van der Waals surface area contributed by atoms with Gasteiger partial charge in [-0.2, -0.15) is 0 Å². The van der Waals surface area contributed by atoms with Crippen molar-refractivity contribution >= 4 is 47.6 Å². The Hall–Kier alpha value is -0.960.